The van der Waals surface area contributed by atoms with Gasteiger partial charge in [0.25, 0.3) is 5.91 Å². The van der Waals surface area contributed by atoms with Gasteiger partial charge in [0.15, 0.2) is 0 Å². The van der Waals surface area contributed by atoms with Crippen LogP contribution in [0.1, 0.15) is 34.3 Å². The first-order valence-corrected chi connectivity index (χ1v) is 9.96. The van der Waals surface area contributed by atoms with Gasteiger partial charge in [0.2, 0.25) is 0 Å². The molecule has 5 nitrogen and oxygen atoms in total. The molecular formula is C20H24N2O3S. The molecule has 1 amide bonds. The van der Waals surface area contributed by atoms with Crippen molar-refractivity contribution in [1.82, 2.24) is 10.0 Å². The molecule has 0 spiro atoms. The average Bonchev–Trinajstić information content (AvgIpc) is 2.68. The highest BCUT2D eigenvalue weighted by molar-refractivity contribution is 7.83. The third kappa shape index (κ3) is 5.24. The van der Waals surface area contributed by atoms with Gasteiger partial charge >= 0.3 is 0 Å². The molecule has 1 heterocycles. The van der Waals surface area contributed by atoms with Crippen LogP contribution in [0.3, 0.4) is 0 Å². The van der Waals surface area contributed by atoms with E-state index >= 15 is 0 Å². The van der Waals surface area contributed by atoms with E-state index in [0.29, 0.717) is 25.3 Å². The number of carbonyl (C=O) groups is 1. The topological polar surface area (TPSA) is 67.4 Å². The number of benzene rings is 2. The lowest BCUT2D eigenvalue weighted by Gasteiger charge is -2.23. The lowest BCUT2D eigenvalue weighted by molar-refractivity contribution is 0.0696. The molecule has 26 heavy (non-hydrogen) atoms. The predicted octanol–water partition coefficient (Wildman–Crippen LogP) is 2.72. The van der Waals surface area contributed by atoms with Crippen molar-refractivity contribution >= 4 is 16.9 Å². The molecule has 1 aliphatic rings. The van der Waals surface area contributed by atoms with Gasteiger partial charge in [-0.1, -0.05) is 29.8 Å². The molecule has 1 fully saturated rings. The van der Waals surface area contributed by atoms with Gasteiger partial charge in [0.1, 0.15) is 11.0 Å². The first kappa shape index (κ1) is 18.8. The minimum Gasteiger partial charge on any atom is -0.381 e. The maximum atomic E-state index is 12.3. The van der Waals surface area contributed by atoms with Crippen LogP contribution in [0.2, 0.25) is 0 Å². The van der Waals surface area contributed by atoms with E-state index in [1.807, 2.05) is 43.3 Å². The van der Waals surface area contributed by atoms with Gasteiger partial charge in [-0.15, -0.1) is 0 Å². The number of carbonyl (C=O) groups excluding carboxylic acids is 1. The lowest BCUT2D eigenvalue weighted by Crippen LogP contribution is -2.38. The van der Waals surface area contributed by atoms with Crippen molar-refractivity contribution < 1.29 is 13.7 Å². The van der Waals surface area contributed by atoms with Crippen molar-refractivity contribution in [3.8, 4) is 0 Å². The van der Waals surface area contributed by atoms with E-state index in [4.69, 9.17) is 4.74 Å². The van der Waals surface area contributed by atoms with Crippen LogP contribution in [0.15, 0.2) is 53.4 Å². The molecule has 1 unspecified atom stereocenters. The average molecular weight is 372 g/mol. The molecule has 0 bridgehead atoms. The summed E-state index contributed by atoms with van der Waals surface area (Å²) in [7, 11) is -1.25. The van der Waals surface area contributed by atoms with Crippen molar-refractivity contribution in [3.05, 3.63) is 65.2 Å². The second-order valence-corrected chi connectivity index (χ2v) is 7.76. The molecule has 0 radical (unpaired) electrons. The zero-order valence-corrected chi connectivity index (χ0v) is 15.7. The fraction of sp³-hybridized carbons (Fsp3) is 0.350. The highest BCUT2D eigenvalue weighted by atomic mass is 32.2. The summed E-state index contributed by atoms with van der Waals surface area (Å²) in [6.07, 6.45) is 1.72. The number of ether oxygens (including phenoxy) is 1. The number of hydrogen-bond acceptors (Lipinski definition) is 3. The van der Waals surface area contributed by atoms with E-state index in [1.165, 1.54) is 0 Å². The van der Waals surface area contributed by atoms with Crippen LogP contribution in [0.5, 0.6) is 0 Å². The number of hydrogen-bond donors (Lipinski definition) is 2. The Bertz CT molecular complexity index is 754. The first-order valence-electron chi connectivity index (χ1n) is 8.81. The summed E-state index contributed by atoms with van der Waals surface area (Å²) in [5.74, 6) is -0.0559. The fourth-order valence-electron chi connectivity index (χ4n) is 2.78. The van der Waals surface area contributed by atoms with Gasteiger partial charge < -0.3 is 10.1 Å². The summed E-state index contributed by atoms with van der Waals surface area (Å²) in [6.45, 7) is 3.88. The van der Waals surface area contributed by atoms with E-state index in [1.54, 1.807) is 12.1 Å². The van der Waals surface area contributed by atoms with Crippen molar-refractivity contribution in [3.63, 3.8) is 0 Å². The zero-order chi connectivity index (χ0) is 18.4. The van der Waals surface area contributed by atoms with Gasteiger partial charge in [-0.25, -0.2) is 8.93 Å². The van der Waals surface area contributed by atoms with Gasteiger partial charge in [0, 0.05) is 31.4 Å². The normalized spacial score (nSPS) is 16.2. The second kappa shape index (κ2) is 9.07. The number of aryl methyl sites for hydroxylation is 1. The monoisotopic (exact) mass is 372 g/mol. The maximum Gasteiger partial charge on any atom is 0.251 e. The molecule has 1 atom stereocenters. The van der Waals surface area contributed by atoms with E-state index in [0.717, 1.165) is 28.9 Å². The minimum absolute atomic E-state index is 0.0559. The Hall–Kier alpha value is -2.02. The zero-order valence-electron chi connectivity index (χ0n) is 14.9. The molecule has 0 aliphatic carbocycles. The van der Waals surface area contributed by atoms with Crippen LogP contribution in [0, 0.1) is 6.92 Å². The SMILES string of the molecule is Cc1ccc(S(=O)NCc2ccc(C(=O)NC3CCOCC3)cc2)cc1. The van der Waals surface area contributed by atoms with Crippen LogP contribution in [-0.2, 0) is 22.3 Å². The summed E-state index contributed by atoms with van der Waals surface area (Å²) < 4.78 is 20.6. The van der Waals surface area contributed by atoms with Crippen molar-refractivity contribution in [2.75, 3.05) is 13.2 Å². The third-order valence-corrected chi connectivity index (χ3v) is 5.52. The molecule has 3 rings (SSSR count). The molecule has 0 saturated carbocycles. The smallest absolute Gasteiger partial charge is 0.251 e. The molecule has 138 valence electrons. The van der Waals surface area contributed by atoms with Crippen LogP contribution < -0.4 is 10.0 Å². The summed E-state index contributed by atoms with van der Waals surface area (Å²) in [5, 5.41) is 3.05. The highest BCUT2D eigenvalue weighted by Gasteiger charge is 2.16. The Balaban J connectivity index is 1.51. The quantitative estimate of drug-likeness (QED) is 0.819. The van der Waals surface area contributed by atoms with Gasteiger partial charge in [0.05, 0.1) is 4.90 Å². The van der Waals surface area contributed by atoms with E-state index < -0.39 is 11.0 Å². The molecule has 2 aromatic carbocycles. The first-order chi connectivity index (χ1) is 12.6. The number of nitrogens with one attached hydrogen (secondary N) is 2. The van der Waals surface area contributed by atoms with Crippen molar-refractivity contribution in [2.45, 2.75) is 37.2 Å². The Kier molecular flexibility index (Phi) is 6.55. The molecule has 1 aliphatic heterocycles. The van der Waals surface area contributed by atoms with Gasteiger partial charge in [-0.2, -0.15) is 0 Å². The summed E-state index contributed by atoms with van der Waals surface area (Å²) in [4.78, 5) is 13.0. The molecular weight excluding hydrogens is 348 g/mol. The standard InChI is InChI=1S/C20H24N2O3S/c1-15-2-8-19(9-3-15)26(24)21-14-16-4-6-17(7-5-16)20(23)22-18-10-12-25-13-11-18/h2-9,18,21H,10-14H2,1H3,(H,22,23). The Morgan fingerprint density at radius 1 is 1.08 bits per heavy atom. The second-order valence-electron chi connectivity index (χ2n) is 6.46. The summed E-state index contributed by atoms with van der Waals surface area (Å²) in [5.41, 5.74) is 2.76. The van der Waals surface area contributed by atoms with Crippen molar-refractivity contribution in [2.24, 2.45) is 0 Å². The minimum atomic E-state index is -1.25. The summed E-state index contributed by atoms with van der Waals surface area (Å²) in [6, 6.07) is 15.2. The van der Waals surface area contributed by atoms with Gasteiger partial charge in [-0.3, -0.25) is 4.79 Å². The van der Waals surface area contributed by atoms with Crippen LogP contribution in [0.25, 0.3) is 0 Å². The molecule has 2 aromatic rings. The Morgan fingerprint density at radius 3 is 2.38 bits per heavy atom. The van der Waals surface area contributed by atoms with Crippen molar-refractivity contribution in [1.29, 1.82) is 0 Å². The van der Waals surface area contributed by atoms with Crippen LogP contribution in [0.4, 0.5) is 0 Å². The fourth-order valence-corrected chi connectivity index (χ4v) is 3.63. The highest BCUT2D eigenvalue weighted by Crippen LogP contribution is 2.11. The van der Waals surface area contributed by atoms with Crippen LogP contribution in [-0.4, -0.2) is 29.4 Å². The Morgan fingerprint density at radius 2 is 1.73 bits per heavy atom. The maximum absolute atomic E-state index is 12.3. The molecule has 1 saturated heterocycles. The predicted molar refractivity (Wildman–Crippen MR) is 102 cm³/mol. The van der Waals surface area contributed by atoms with E-state index in [-0.39, 0.29) is 11.9 Å². The van der Waals surface area contributed by atoms with Crippen LogP contribution >= 0.6 is 0 Å². The largest absolute Gasteiger partial charge is 0.381 e. The van der Waals surface area contributed by atoms with Gasteiger partial charge in [-0.05, 0) is 49.6 Å². The Labute approximate surface area is 156 Å². The third-order valence-electron chi connectivity index (χ3n) is 4.42. The number of amides is 1. The summed E-state index contributed by atoms with van der Waals surface area (Å²) >= 11 is 0. The number of rotatable bonds is 6. The molecule has 2 N–H and O–H groups in total. The molecule has 0 aromatic heterocycles. The lowest BCUT2D eigenvalue weighted by atomic mass is 10.1. The van der Waals surface area contributed by atoms with E-state index in [2.05, 4.69) is 10.0 Å². The van der Waals surface area contributed by atoms with E-state index in [9.17, 15) is 9.00 Å². The molecule has 6 heteroatoms.